The second-order valence-corrected chi connectivity index (χ2v) is 6.89. The van der Waals surface area contributed by atoms with Crippen molar-refractivity contribution in [2.24, 2.45) is 4.99 Å². The molecule has 0 atom stereocenters. The van der Waals surface area contributed by atoms with Crippen LogP contribution in [0.4, 0.5) is 0 Å². The summed E-state index contributed by atoms with van der Waals surface area (Å²) in [5.74, 6) is 0.380. The largest absolute Gasteiger partial charge is 0.356 e. The predicted molar refractivity (Wildman–Crippen MR) is 95.3 cm³/mol. The molecule has 2 amide bonds. The molecule has 0 aliphatic carbocycles. The lowest BCUT2D eigenvalue weighted by molar-refractivity contribution is 0.0652. The van der Waals surface area contributed by atoms with E-state index in [1.165, 1.54) is 4.90 Å². The molecule has 2 rings (SSSR count). The monoisotopic (exact) mass is 330 g/mol. The van der Waals surface area contributed by atoms with E-state index in [1.807, 2.05) is 0 Å². The molecular formula is C18H26N4O2. The molecule has 130 valence electrons. The summed E-state index contributed by atoms with van der Waals surface area (Å²) in [5.41, 5.74) is 0.966. The van der Waals surface area contributed by atoms with Gasteiger partial charge < -0.3 is 10.6 Å². The van der Waals surface area contributed by atoms with Crippen molar-refractivity contribution >= 4 is 17.8 Å². The molecule has 0 fully saturated rings. The van der Waals surface area contributed by atoms with Gasteiger partial charge in [-0.15, -0.1) is 0 Å². The molecule has 1 aromatic carbocycles. The van der Waals surface area contributed by atoms with Crippen molar-refractivity contribution in [1.29, 1.82) is 0 Å². The van der Waals surface area contributed by atoms with Gasteiger partial charge in [0.1, 0.15) is 0 Å². The summed E-state index contributed by atoms with van der Waals surface area (Å²) in [6.45, 7) is 7.39. The Labute approximate surface area is 143 Å². The van der Waals surface area contributed by atoms with Crippen molar-refractivity contribution in [2.75, 3.05) is 20.1 Å². The van der Waals surface area contributed by atoms with Gasteiger partial charge in [0.05, 0.1) is 11.1 Å². The fraction of sp³-hybridized carbons (Fsp3) is 0.500. The number of nitrogens with one attached hydrogen (secondary N) is 2. The van der Waals surface area contributed by atoms with Gasteiger partial charge in [0.15, 0.2) is 5.96 Å². The Morgan fingerprint density at radius 3 is 2.17 bits per heavy atom. The minimum absolute atomic E-state index is 0.0536. The van der Waals surface area contributed by atoms with Crippen LogP contribution in [0.15, 0.2) is 29.3 Å². The zero-order valence-corrected chi connectivity index (χ0v) is 14.8. The van der Waals surface area contributed by atoms with E-state index in [1.54, 1.807) is 31.3 Å². The standard InChI is InChI=1S/C18H26N4O2/c1-18(2,3)21-17(19-4)20-11-7-8-12-22-15(23)13-9-5-6-10-14(13)16(22)24/h5-6,9-10H,7-8,11-12H2,1-4H3,(H2,19,20,21). The predicted octanol–water partition coefficient (Wildman–Crippen LogP) is 2.03. The summed E-state index contributed by atoms with van der Waals surface area (Å²) >= 11 is 0. The third-order valence-corrected chi connectivity index (χ3v) is 3.70. The third kappa shape index (κ3) is 4.34. The molecule has 2 N–H and O–H groups in total. The van der Waals surface area contributed by atoms with E-state index < -0.39 is 0 Å². The molecule has 0 saturated carbocycles. The summed E-state index contributed by atoms with van der Waals surface area (Å²) in [5, 5.41) is 6.53. The zero-order valence-electron chi connectivity index (χ0n) is 14.8. The number of benzene rings is 1. The minimum Gasteiger partial charge on any atom is -0.356 e. The van der Waals surface area contributed by atoms with Gasteiger partial charge in [-0.2, -0.15) is 0 Å². The Balaban J connectivity index is 1.76. The maximum Gasteiger partial charge on any atom is 0.261 e. The van der Waals surface area contributed by atoms with Crippen LogP contribution in [0.1, 0.15) is 54.3 Å². The van der Waals surface area contributed by atoms with Crippen LogP contribution in [0.25, 0.3) is 0 Å². The highest BCUT2D eigenvalue weighted by Gasteiger charge is 2.34. The van der Waals surface area contributed by atoms with Crippen molar-refractivity contribution in [2.45, 2.75) is 39.2 Å². The van der Waals surface area contributed by atoms with Crippen molar-refractivity contribution in [3.05, 3.63) is 35.4 Å². The number of unbranched alkanes of at least 4 members (excludes halogenated alkanes) is 1. The van der Waals surface area contributed by atoms with Gasteiger partial charge in [-0.25, -0.2) is 0 Å². The van der Waals surface area contributed by atoms with E-state index >= 15 is 0 Å². The molecule has 1 heterocycles. The van der Waals surface area contributed by atoms with Crippen LogP contribution in [0.5, 0.6) is 0 Å². The highest BCUT2D eigenvalue weighted by atomic mass is 16.2. The average Bonchev–Trinajstić information content (AvgIpc) is 2.77. The second-order valence-electron chi connectivity index (χ2n) is 6.89. The van der Waals surface area contributed by atoms with Crippen LogP contribution in [0.3, 0.4) is 0 Å². The molecule has 0 spiro atoms. The molecule has 6 heteroatoms. The molecule has 1 aromatic rings. The van der Waals surface area contributed by atoms with Crippen LogP contribution in [0, 0.1) is 0 Å². The van der Waals surface area contributed by atoms with E-state index in [0.717, 1.165) is 25.3 Å². The number of amides is 2. The van der Waals surface area contributed by atoms with Crippen molar-refractivity contribution < 1.29 is 9.59 Å². The lowest BCUT2D eigenvalue weighted by Crippen LogP contribution is -2.47. The van der Waals surface area contributed by atoms with Crippen molar-refractivity contribution in [3.63, 3.8) is 0 Å². The van der Waals surface area contributed by atoms with Crippen LogP contribution in [0.2, 0.25) is 0 Å². The summed E-state index contributed by atoms with van der Waals surface area (Å²) in [7, 11) is 1.74. The Morgan fingerprint density at radius 1 is 1.08 bits per heavy atom. The molecular weight excluding hydrogens is 304 g/mol. The van der Waals surface area contributed by atoms with E-state index in [-0.39, 0.29) is 17.4 Å². The Kier molecular flexibility index (Phi) is 5.59. The summed E-state index contributed by atoms with van der Waals surface area (Å²) in [4.78, 5) is 30.0. The number of aliphatic imine (C=N–C) groups is 1. The van der Waals surface area contributed by atoms with Gasteiger partial charge >= 0.3 is 0 Å². The quantitative estimate of drug-likeness (QED) is 0.375. The van der Waals surface area contributed by atoms with Gasteiger partial charge in [-0.3, -0.25) is 19.5 Å². The lowest BCUT2D eigenvalue weighted by atomic mass is 10.1. The normalized spacial score (nSPS) is 14.8. The third-order valence-electron chi connectivity index (χ3n) is 3.70. The number of hydrogen-bond acceptors (Lipinski definition) is 3. The van der Waals surface area contributed by atoms with Crippen LogP contribution < -0.4 is 10.6 Å². The van der Waals surface area contributed by atoms with Gasteiger partial charge in [0, 0.05) is 25.7 Å². The fourth-order valence-corrected chi connectivity index (χ4v) is 2.58. The van der Waals surface area contributed by atoms with Crippen LogP contribution >= 0.6 is 0 Å². The van der Waals surface area contributed by atoms with Gasteiger partial charge in [-0.05, 0) is 45.7 Å². The summed E-state index contributed by atoms with van der Waals surface area (Å²) in [6, 6.07) is 6.98. The van der Waals surface area contributed by atoms with E-state index in [2.05, 4.69) is 36.4 Å². The number of fused-ring (bicyclic) bond motifs is 1. The first kappa shape index (κ1) is 18.0. The number of carbonyl (C=O) groups excluding carboxylic acids is 2. The number of nitrogens with zero attached hydrogens (tertiary/aromatic N) is 2. The molecule has 1 aliphatic heterocycles. The maximum atomic E-state index is 12.2. The first-order valence-corrected chi connectivity index (χ1v) is 8.27. The highest BCUT2D eigenvalue weighted by Crippen LogP contribution is 2.22. The van der Waals surface area contributed by atoms with Crippen LogP contribution in [-0.4, -0.2) is 48.3 Å². The number of imide groups is 1. The van der Waals surface area contributed by atoms with Gasteiger partial charge in [-0.1, -0.05) is 12.1 Å². The lowest BCUT2D eigenvalue weighted by Gasteiger charge is -2.23. The first-order valence-electron chi connectivity index (χ1n) is 8.27. The number of hydrogen-bond donors (Lipinski definition) is 2. The number of guanidine groups is 1. The zero-order chi connectivity index (χ0) is 17.7. The number of carbonyl (C=O) groups is 2. The first-order chi connectivity index (χ1) is 11.3. The number of rotatable bonds is 5. The van der Waals surface area contributed by atoms with E-state index in [9.17, 15) is 9.59 Å². The average molecular weight is 330 g/mol. The molecule has 24 heavy (non-hydrogen) atoms. The molecule has 0 radical (unpaired) electrons. The van der Waals surface area contributed by atoms with E-state index in [4.69, 9.17) is 0 Å². The summed E-state index contributed by atoms with van der Waals surface area (Å²) in [6.07, 6.45) is 1.60. The highest BCUT2D eigenvalue weighted by molar-refractivity contribution is 6.21. The topological polar surface area (TPSA) is 73.8 Å². The Hall–Kier alpha value is -2.37. The smallest absolute Gasteiger partial charge is 0.261 e. The van der Waals surface area contributed by atoms with Gasteiger partial charge in [0.2, 0.25) is 0 Å². The molecule has 0 bridgehead atoms. The molecule has 1 aliphatic rings. The van der Waals surface area contributed by atoms with Crippen LogP contribution in [-0.2, 0) is 0 Å². The molecule has 0 aromatic heterocycles. The second kappa shape index (κ2) is 7.47. The van der Waals surface area contributed by atoms with Crippen molar-refractivity contribution in [3.8, 4) is 0 Å². The maximum absolute atomic E-state index is 12.2. The summed E-state index contributed by atoms with van der Waals surface area (Å²) < 4.78 is 0. The molecule has 6 nitrogen and oxygen atoms in total. The Bertz CT molecular complexity index is 612. The molecule has 0 unspecified atom stereocenters. The van der Waals surface area contributed by atoms with Gasteiger partial charge in [0.25, 0.3) is 11.8 Å². The minimum atomic E-state index is -0.186. The van der Waals surface area contributed by atoms with Crippen molar-refractivity contribution in [1.82, 2.24) is 15.5 Å². The van der Waals surface area contributed by atoms with E-state index in [0.29, 0.717) is 17.7 Å². The molecule has 0 saturated heterocycles. The fourth-order valence-electron chi connectivity index (χ4n) is 2.58. The SMILES string of the molecule is CN=C(NCCCCN1C(=O)c2ccccc2C1=O)NC(C)(C)C. The Morgan fingerprint density at radius 2 is 1.67 bits per heavy atom.